The molecule has 1 atom stereocenters. The van der Waals surface area contributed by atoms with Gasteiger partial charge < -0.3 is 5.32 Å². The summed E-state index contributed by atoms with van der Waals surface area (Å²) in [5.41, 5.74) is 3.17. The van der Waals surface area contributed by atoms with E-state index in [4.69, 9.17) is 5.10 Å². The number of rotatable bonds is 2. The Morgan fingerprint density at radius 2 is 1.95 bits per heavy atom. The van der Waals surface area contributed by atoms with Crippen LogP contribution in [0.4, 0.5) is 5.82 Å². The molecule has 1 aliphatic heterocycles. The number of fused-ring (bicyclic) bond motifs is 1. The second kappa shape index (κ2) is 5.01. The first-order valence-corrected chi connectivity index (χ1v) is 7.05. The summed E-state index contributed by atoms with van der Waals surface area (Å²) in [4.78, 5) is 8.39. The van der Waals surface area contributed by atoms with E-state index in [1.54, 1.807) is 12.4 Å². The fraction of sp³-hybridized carbons (Fsp3) is 0.188. The molecule has 0 amide bonds. The van der Waals surface area contributed by atoms with E-state index in [9.17, 15) is 0 Å². The van der Waals surface area contributed by atoms with Gasteiger partial charge in [-0.15, -0.1) is 0 Å². The summed E-state index contributed by atoms with van der Waals surface area (Å²) in [5.74, 6) is 1.05. The first-order chi connectivity index (χ1) is 10.4. The fourth-order valence-corrected chi connectivity index (χ4v) is 2.76. The molecule has 4 rings (SSSR count). The lowest BCUT2D eigenvalue weighted by Gasteiger charge is -2.25. The Kier molecular flexibility index (Phi) is 2.88. The van der Waals surface area contributed by atoms with Crippen LogP contribution in [0.15, 0.2) is 55.1 Å². The molecule has 0 radical (unpaired) electrons. The highest BCUT2D eigenvalue weighted by atomic mass is 15.4. The molecule has 0 spiro atoms. The first-order valence-electron chi connectivity index (χ1n) is 7.05. The maximum atomic E-state index is 4.77. The minimum Gasteiger partial charge on any atom is -0.370 e. The lowest BCUT2D eigenvalue weighted by molar-refractivity contribution is 0.482. The van der Waals surface area contributed by atoms with Crippen LogP contribution in [0.2, 0.25) is 0 Å². The van der Waals surface area contributed by atoms with Crippen molar-refractivity contribution in [3.05, 3.63) is 60.7 Å². The van der Waals surface area contributed by atoms with E-state index in [-0.39, 0.29) is 6.04 Å². The van der Waals surface area contributed by atoms with Gasteiger partial charge in [-0.3, -0.25) is 9.97 Å². The second-order valence-electron chi connectivity index (χ2n) is 5.12. The van der Waals surface area contributed by atoms with Crippen molar-refractivity contribution in [2.75, 3.05) is 11.9 Å². The van der Waals surface area contributed by atoms with Crippen molar-refractivity contribution in [1.82, 2.24) is 19.7 Å². The van der Waals surface area contributed by atoms with Crippen molar-refractivity contribution < 1.29 is 0 Å². The Hall–Kier alpha value is -2.69. The molecular formula is C16H15N5. The Labute approximate surface area is 122 Å². The van der Waals surface area contributed by atoms with Crippen LogP contribution in [-0.2, 0) is 0 Å². The van der Waals surface area contributed by atoms with Crippen LogP contribution in [0.25, 0.3) is 11.3 Å². The number of hydrogen-bond donors (Lipinski definition) is 1. The van der Waals surface area contributed by atoms with Gasteiger partial charge in [-0.1, -0.05) is 6.07 Å². The van der Waals surface area contributed by atoms with Crippen LogP contribution < -0.4 is 5.32 Å². The summed E-state index contributed by atoms with van der Waals surface area (Å²) in [6, 6.07) is 10.4. The van der Waals surface area contributed by atoms with Crippen LogP contribution in [0, 0.1) is 0 Å². The van der Waals surface area contributed by atoms with Gasteiger partial charge in [0.1, 0.15) is 5.82 Å². The van der Waals surface area contributed by atoms with Gasteiger partial charge in [0.2, 0.25) is 0 Å². The average Bonchev–Trinajstić information content (AvgIpc) is 3.00. The number of hydrogen-bond acceptors (Lipinski definition) is 4. The number of nitrogens with one attached hydrogen (secondary N) is 1. The zero-order valence-electron chi connectivity index (χ0n) is 11.5. The summed E-state index contributed by atoms with van der Waals surface area (Å²) >= 11 is 0. The summed E-state index contributed by atoms with van der Waals surface area (Å²) < 4.78 is 2.06. The number of pyridine rings is 2. The minimum atomic E-state index is 0.236. The zero-order valence-corrected chi connectivity index (χ0v) is 11.5. The third-order valence-corrected chi connectivity index (χ3v) is 3.78. The molecule has 0 aliphatic carbocycles. The SMILES string of the molecule is c1cncc(-c2cc3n(n2)C(c2cccnc2)CCN3)c1. The quantitative estimate of drug-likeness (QED) is 0.782. The molecule has 21 heavy (non-hydrogen) atoms. The second-order valence-corrected chi connectivity index (χ2v) is 5.12. The molecule has 3 aromatic rings. The Morgan fingerprint density at radius 3 is 2.71 bits per heavy atom. The Balaban J connectivity index is 1.77. The zero-order chi connectivity index (χ0) is 14.1. The largest absolute Gasteiger partial charge is 0.370 e. The highest BCUT2D eigenvalue weighted by molar-refractivity contribution is 5.62. The molecule has 4 heterocycles. The highest BCUT2D eigenvalue weighted by Crippen LogP contribution is 2.31. The minimum absolute atomic E-state index is 0.236. The molecule has 5 heteroatoms. The van der Waals surface area contributed by atoms with E-state index in [1.807, 2.05) is 30.6 Å². The molecule has 0 saturated carbocycles. The molecule has 3 aromatic heterocycles. The first kappa shape index (κ1) is 12.1. The van der Waals surface area contributed by atoms with Crippen molar-refractivity contribution in [3.63, 3.8) is 0 Å². The van der Waals surface area contributed by atoms with Crippen LogP contribution in [-0.4, -0.2) is 26.3 Å². The van der Waals surface area contributed by atoms with E-state index in [1.165, 1.54) is 5.56 Å². The normalized spacial score (nSPS) is 17.0. The van der Waals surface area contributed by atoms with Gasteiger partial charge in [0, 0.05) is 43.0 Å². The van der Waals surface area contributed by atoms with Gasteiger partial charge in [-0.25, -0.2) is 4.68 Å². The van der Waals surface area contributed by atoms with Gasteiger partial charge in [0.25, 0.3) is 0 Å². The van der Waals surface area contributed by atoms with Gasteiger partial charge >= 0.3 is 0 Å². The predicted molar refractivity (Wildman–Crippen MR) is 80.9 cm³/mol. The number of aromatic nitrogens is 4. The maximum absolute atomic E-state index is 4.77. The molecule has 1 unspecified atom stereocenters. The van der Waals surface area contributed by atoms with Crippen molar-refractivity contribution in [1.29, 1.82) is 0 Å². The number of anilines is 1. The van der Waals surface area contributed by atoms with Crippen LogP contribution in [0.3, 0.4) is 0 Å². The molecule has 0 saturated heterocycles. The van der Waals surface area contributed by atoms with E-state index in [2.05, 4.69) is 32.1 Å². The van der Waals surface area contributed by atoms with Crippen LogP contribution >= 0.6 is 0 Å². The van der Waals surface area contributed by atoms with Gasteiger partial charge in [-0.2, -0.15) is 5.10 Å². The standard InChI is InChI=1S/C16H15N5/c1-3-12(10-17-6-1)14-9-16-19-8-5-15(21(16)20-14)13-4-2-7-18-11-13/h1-4,6-7,9-11,15,19H,5,8H2. The Morgan fingerprint density at radius 1 is 1.10 bits per heavy atom. The maximum Gasteiger partial charge on any atom is 0.125 e. The summed E-state index contributed by atoms with van der Waals surface area (Å²) in [5, 5.41) is 8.18. The van der Waals surface area contributed by atoms with Gasteiger partial charge in [0.15, 0.2) is 0 Å². The summed E-state index contributed by atoms with van der Waals surface area (Å²) in [6.45, 7) is 0.942. The smallest absolute Gasteiger partial charge is 0.125 e. The fourth-order valence-electron chi connectivity index (χ4n) is 2.76. The van der Waals surface area contributed by atoms with E-state index in [0.717, 1.165) is 30.0 Å². The topological polar surface area (TPSA) is 55.6 Å². The van der Waals surface area contributed by atoms with Crippen molar-refractivity contribution in [2.24, 2.45) is 0 Å². The molecule has 0 bridgehead atoms. The lowest BCUT2D eigenvalue weighted by Crippen LogP contribution is -2.24. The predicted octanol–water partition coefficient (Wildman–Crippen LogP) is 2.75. The molecule has 1 aliphatic rings. The third kappa shape index (κ3) is 2.16. The van der Waals surface area contributed by atoms with E-state index in [0.29, 0.717) is 0 Å². The number of nitrogens with zero attached hydrogens (tertiary/aromatic N) is 4. The average molecular weight is 277 g/mol. The molecular weight excluding hydrogens is 262 g/mol. The summed E-state index contributed by atoms with van der Waals surface area (Å²) in [6.07, 6.45) is 8.34. The lowest BCUT2D eigenvalue weighted by atomic mass is 10.0. The third-order valence-electron chi connectivity index (χ3n) is 3.78. The molecule has 0 fully saturated rings. The van der Waals surface area contributed by atoms with Crippen LogP contribution in [0.1, 0.15) is 18.0 Å². The van der Waals surface area contributed by atoms with Crippen molar-refractivity contribution >= 4 is 5.82 Å². The van der Waals surface area contributed by atoms with Crippen molar-refractivity contribution in [2.45, 2.75) is 12.5 Å². The monoisotopic (exact) mass is 277 g/mol. The van der Waals surface area contributed by atoms with Crippen molar-refractivity contribution in [3.8, 4) is 11.3 Å². The molecule has 0 aromatic carbocycles. The van der Waals surface area contributed by atoms with Crippen LogP contribution in [0.5, 0.6) is 0 Å². The molecule has 5 nitrogen and oxygen atoms in total. The Bertz CT molecular complexity index is 736. The van der Waals surface area contributed by atoms with Gasteiger partial charge in [-0.05, 0) is 30.2 Å². The molecule has 104 valence electrons. The molecule has 1 N–H and O–H groups in total. The van der Waals surface area contributed by atoms with E-state index >= 15 is 0 Å². The van der Waals surface area contributed by atoms with Gasteiger partial charge in [0.05, 0.1) is 11.7 Å². The van der Waals surface area contributed by atoms with E-state index < -0.39 is 0 Å². The summed E-state index contributed by atoms with van der Waals surface area (Å²) in [7, 11) is 0. The highest BCUT2D eigenvalue weighted by Gasteiger charge is 2.23.